The van der Waals surface area contributed by atoms with Crippen molar-refractivity contribution in [3.05, 3.63) is 41.2 Å². The van der Waals surface area contributed by atoms with Crippen molar-refractivity contribution in [1.29, 1.82) is 0 Å². The Kier molecular flexibility index (Phi) is 6.05. The summed E-state index contributed by atoms with van der Waals surface area (Å²) in [6, 6.07) is 7.35. The maximum absolute atomic E-state index is 12.5. The third kappa shape index (κ3) is 4.47. The lowest BCUT2D eigenvalue weighted by molar-refractivity contribution is -0.113. The maximum Gasteiger partial charge on any atom is 0.236 e. The van der Waals surface area contributed by atoms with E-state index in [9.17, 15) is 4.79 Å². The van der Waals surface area contributed by atoms with Gasteiger partial charge in [0.2, 0.25) is 5.91 Å². The van der Waals surface area contributed by atoms with Gasteiger partial charge in [0.1, 0.15) is 17.3 Å². The lowest BCUT2D eigenvalue weighted by Gasteiger charge is -2.08. The molecular weight excluding hydrogens is 436 g/mol. The SMILES string of the molecule is COc1ccc(OC)c(-c2csc(NC(=O)CSc3nnc4cc(C)nc(C)n34)n2)c1. The van der Waals surface area contributed by atoms with Gasteiger partial charge in [0, 0.05) is 22.7 Å². The minimum absolute atomic E-state index is 0.172. The van der Waals surface area contributed by atoms with Gasteiger partial charge in [0.15, 0.2) is 15.9 Å². The first-order chi connectivity index (χ1) is 15.0. The summed E-state index contributed by atoms with van der Waals surface area (Å²) in [7, 11) is 3.21. The van der Waals surface area contributed by atoms with E-state index in [1.165, 1.54) is 23.1 Å². The van der Waals surface area contributed by atoms with Crippen LogP contribution in [0.15, 0.2) is 34.8 Å². The van der Waals surface area contributed by atoms with Gasteiger partial charge in [-0.2, -0.15) is 0 Å². The predicted molar refractivity (Wildman–Crippen MR) is 120 cm³/mol. The molecule has 0 saturated heterocycles. The van der Waals surface area contributed by atoms with E-state index in [1.54, 1.807) is 14.2 Å². The minimum Gasteiger partial charge on any atom is -0.497 e. The molecule has 31 heavy (non-hydrogen) atoms. The molecule has 0 saturated carbocycles. The van der Waals surface area contributed by atoms with E-state index in [2.05, 4.69) is 25.5 Å². The zero-order chi connectivity index (χ0) is 22.0. The molecule has 9 nitrogen and oxygen atoms in total. The molecule has 1 N–H and O–H groups in total. The molecule has 1 amide bonds. The van der Waals surface area contributed by atoms with Gasteiger partial charge in [0.05, 0.1) is 25.7 Å². The molecule has 0 aliphatic heterocycles. The normalized spacial score (nSPS) is 11.0. The van der Waals surface area contributed by atoms with Crippen molar-refractivity contribution >= 4 is 39.8 Å². The average Bonchev–Trinajstić information content (AvgIpc) is 3.38. The first-order valence-electron chi connectivity index (χ1n) is 9.28. The Bertz CT molecular complexity index is 1250. The van der Waals surface area contributed by atoms with Crippen molar-refractivity contribution in [2.24, 2.45) is 0 Å². The van der Waals surface area contributed by atoms with Crippen LogP contribution in [0.1, 0.15) is 11.5 Å². The molecule has 11 heteroatoms. The van der Waals surface area contributed by atoms with E-state index >= 15 is 0 Å². The molecule has 4 aromatic rings. The number of hydrogen-bond acceptors (Lipinski definition) is 9. The van der Waals surface area contributed by atoms with E-state index < -0.39 is 0 Å². The number of aromatic nitrogens is 5. The van der Waals surface area contributed by atoms with E-state index in [-0.39, 0.29) is 11.7 Å². The molecule has 0 bridgehead atoms. The Morgan fingerprint density at radius 1 is 1.16 bits per heavy atom. The molecule has 0 unspecified atom stereocenters. The summed E-state index contributed by atoms with van der Waals surface area (Å²) in [5.74, 6) is 2.15. The Hall–Kier alpha value is -3.18. The van der Waals surface area contributed by atoms with Crippen LogP contribution >= 0.6 is 23.1 Å². The number of carbonyl (C=O) groups excluding carboxylic acids is 1. The third-order valence-electron chi connectivity index (χ3n) is 4.42. The largest absolute Gasteiger partial charge is 0.497 e. The Labute approximate surface area is 186 Å². The van der Waals surface area contributed by atoms with Crippen LogP contribution < -0.4 is 14.8 Å². The summed E-state index contributed by atoms with van der Waals surface area (Å²) in [5.41, 5.74) is 3.08. The molecule has 4 rings (SSSR count). The van der Waals surface area contributed by atoms with Crippen LogP contribution in [0.2, 0.25) is 0 Å². The summed E-state index contributed by atoms with van der Waals surface area (Å²) < 4.78 is 12.5. The van der Waals surface area contributed by atoms with Crippen LogP contribution in [-0.4, -0.2) is 50.4 Å². The van der Waals surface area contributed by atoms with Gasteiger partial charge in [-0.3, -0.25) is 9.20 Å². The lowest BCUT2D eigenvalue weighted by Crippen LogP contribution is -2.14. The number of methoxy groups -OCH3 is 2. The van der Waals surface area contributed by atoms with E-state index in [0.717, 1.165) is 17.1 Å². The number of thiazole rings is 1. The van der Waals surface area contributed by atoms with Crippen molar-refractivity contribution in [3.63, 3.8) is 0 Å². The van der Waals surface area contributed by atoms with Crippen molar-refractivity contribution in [1.82, 2.24) is 24.6 Å². The van der Waals surface area contributed by atoms with Gasteiger partial charge in [0.25, 0.3) is 0 Å². The van der Waals surface area contributed by atoms with Gasteiger partial charge in [-0.05, 0) is 32.0 Å². The van der Waals surface area contributed by atoms with Crippen LogP contribution in [0.4, 0.5) is 5.13 Å². The number of nitrogens with one attached hydrogen (secondary N) is 1. The molecule has 0 fully saturated rings. The number of carbonyl (C=O) groups is 1. The number of anilines is 1. The molecule has 3 heterocycles. The standard InChI is InChI=1S/C20H20N6O3S2/c1-11-7-17-24-25-20(26(17)12(2)21-11)31-10-18(27)23-19-22-15(9-30-19)14-8-13(28-3)5-6-16(14)29-4/h5-9H,10H2,1-4H3,(H,22,23,27). The van der Waals surface area contributed by atoms with Crippen LogP contribution in [0, 0.1) is 13.8 Å². The Morgan fingerprint density at radius 2 is 2.00 bits per heavy atom. The molecule has 0 radical (unpaired) electrons. The summed E-state index contributed by atoms with van der Waals surface area (Å²) in [6.07, 6.45) is 0. The van der Waals surface area contributed by atoms with E-state index in [0.29, 0.717) is 33.1 Å². The van der Waals surface area contributed by atoms with Gasteiger partial charge < -0.3 is 14.8 Å². The average molecular weight is 457 g/mol. The monoisotopic (exact) mass is 456 g/mol. The third-order valence-corrected chi connectivity index (χ3v) is 6.11. The van der Waals surface area contributed by atoms with Crippen molar-refractivity contribution in [3.8, 4) is 22.8 Å². The molecule has 1 aromatic carbocycles. The number of fused-ring (bicyclic) bond motifs is 1. The number of hydrogen-bond donors (Lipinski definition) is 1. The highest BCUT2D eigenvalue weighted by atomic mass is 32.2. The lowest BCUT2D eigenvalue weighted by atomic mass is 10.1. The molecule has 0 spiro atoms. The van der Waals surface area contributed by atoms with Gasteiger partial charge in [-0.25, -0.2) is 9.97 Å². The Morgan fingerprint density at radius 3 is 2.77 bits per heavy atom. The number of ether oxygens (including phenoxy) is 2. The summed E-state index contributed by atoms with van der Waals surface area (Å²) in [6.45, 7) is 3.79. The van der Waals surface area contributed by atoms with Crippen LogP contribution in [-0.2, 0) is 4.79 Å². The summed E-state index contributed by atoms with van der Waals surface area (Å²) in [4.78, 5) is 21.4. The van der Waals surface area contributed by atoms with Crippen molar-refractivity contribution in [2.75, 3.05) is 25.3 Å². The molecule has 3 aromatic heterocycles. The minimum atomic E-state index is -0.182. The topological polar surface area (TPSA) is 104 Å². The number of nitrogens with zero attached hydrogens (tertiary/aromatic N) is 5. The molecule has 0 aliphatic carbocycles. The zero-order valence-electron chi connectivity index (χ0n) is 17.4. The van der Waals surface area contributed by atoms with Crippen LogP contribution in [0.5, 0.6) is 11.5 Å². The number of aryl methyl sites for hydroxylation is 2. The molecule has 160 valence electrons. The highest BCUT2D eigenvalue weighted by Gasteiger charge is 2.15. The highest BCUT2D eigenvalue weighted by molar-refractivity contribution is 7.99. The smallest absolute Gasteiger partial charge is 0.236 e. The number of thioether (sulfide) groups is 1. The van der Waals surface area contributed by atoms with E-state index in [4.69, 9.17) is 9.47 Å². The number of amides is 1. The van der Waals surface area contributed by atoms with Gasteiger partial charge in [-0.15, -0.1) is 21.5 Å². The summed E-state index contributed by atoms with van der Waals surface area (Å²) >= 11 is 2.64. The first-order valence-corrected chi connectivity index (χ1v) is 11.1. The van der Waals surface area contributed by atoms with E-state index in [1.807, 2.05) is 47.9 Å². The maximum atomic E-state index is 12.5. The molecular formula is C20H20N6O3S2. The van der Waals surface area contributed by atoms with Crippen molar-refractivity contribution in [2.45, 2.75) is 19.0 Å². The summed E-state index contributed by atoms with van der Waals surface area (Å²) in [5, 5.41) is 14.2. The second-order valence-corrected chi connectivity index (χ2v) is 8.36. The second-order valence-electron chi connectivity index (χ2n) is 6.56. The van der Waals surface area contributed by atoms with Gasteiger partial charge in [-0.1, -0.05) is 11.8 Å². The van der Waals surface area contributed by atoms with Crippen molar-refractivity contribution < 1.29 is 14.3 Å². The van der Waals surface area contributed by atoms with Crippen LogP contribution in [0.3, 0.4) is 0 Å². The fourth-order valence-electron chi connectivity index (χ4n) is 3.05. The van der Waals surface area contributed by atoms with Gasteiger partial charge >= 0.3 is 0 Å². The molecule has 0 aliphatic rings. The quantitative estimate of drug-likeness (QED) is 0.421. The molecule has 0 atom stereocenters. The Balaban J connectivity index is 1.45. The van der Waals surface area contributed by atoms with Crippen LogP contribution in [0.25, 0.3) is 16.9 Å². The fourth-order valence-corrected chi connectivity index (χ4v) is 4.56. The second kappa shape index (κ2) is 8.90. The fraction of sp³-hybridized carbons (Fsp3) is 0.250. The first kappa shape index (κ1) is 21.1. The zero-order valence-corrected chi connectivity index (χ0v) is 19.0. The number of benzene rings is 1. The highest BCUT2D eigenvalue weighted by Crippen LogP contribution is 2.35. The number of rotatable bonds is 7. The predicted octanol–water partition coefficient (Wildman–Crippen LogP) is 3.61.